The van der Waals surface area contributed by atoms with Gasteiger partial charge in [0.2, 0.25) is 10.0 Å². The number of hydrogen-bond acceptors (Lipinski definition) is 3. The lowest BCUT2D eigenvalue weighted by atomic mass is 10.1. The average Bonchev–Trinajstić information content (AvgIpc) is 2.33. The van der Waals surface area contributed by atoms with Gasteiger partial charge in [0.05, 0.1) is 12.3 Å². The number of nitrogens with zero attached hydrogens (tertiary/aromatic N) is 1. The van der Waals surface area contributed by atoms with Crippen LogP contribution in [0.1, 0.15) is 39.3 Å². The van der Waals surface area contributed by atoms with Crippen LogP contribution in [0.5, 0.6) is 0 Å². The van der Waals surface area contributed by atoms with Crippen LogP contribution in [-0.2, 0) is 10.0 Å². The predicted molar refractivity (Wildman–Crippen MR) is 84.1 cm³/mol. The van der Waals surface area contributed by atoms with E-state index in [9.17, 15) is 8.42 Å². The van der Waals surface area contributed by atoms with E-state index >= 15 is 0 Å². The van der Waals surface area contributed by atoms with E-state index < -0.39 is 10.0 Å². The summed E-state index contributed by atoms with van der Waals surface area (Å²) in [6.07, 6.45) is 1.21. The molecule has 5 heteroatoms. The molecule has 1 unspecified atom stereocenters. The van der Waals surface area contributed by atoms with Crippen molar-refractivity contribution >= 4 is 10.0 Å². The average molecular weight is 298 g/mol. The van der Waals surface area contributed by atoms with E-state index in [0.717, 1.165) is 5.56 Å². The minimum atomic E-state index is -3.25. The maximum Gasteiger partial charge on any atom is 0.209 e. The van der Waals surface area contributed by atoms with Gasteiger partial charge in [-0.3, -0.25) is 4.90 Å². The van der Waals surface area contributed by atoms with E-state index in [-0.39, 0.29) is 6.04 Å². The summed E-state index contributed by atoms with van der Waals surface area (Å²) >= 11 is 0. The van der Waals surface area contributed by atoms with Gasteiger partial charge in [0, 0.05) is 18.6 Å². The highest BCUT2D eigenvalue weighted by molar-refractivity contribution is 7.88. The molecule has 0 saturated heterocycles. The van der Waals surface area contributed by atoms with Crippen LogP contribution in [0, 0.1) is 0 Å². The zero-order valence-electron chi connectivity index (χ0n) is 13.0. The van der Waals surface area contributed by atoms with Crippen LogP contribution in [0.15, 0.2) is 30.3 Å². The smallest absolute Gasteiger partial charge is 0.209 e. The molecule has 1 N–H and O–H groups in total. The number of benzene rings is 1. The van der Waals surface area contributed by atoms with Crippen molar-refractivity contribution in [2.24, 2.45) is 0 Å². The molecule has 0 amide bonds. The Morgan fingerprint density at radius 2 is 1.55 bits per heavy atom. The van der Waals surface area contributed by atoms with Crippen LogP contribution in [0.3, 0.4) is 0 Å². The molecule has 0 heterocycles. The van der Waals surface area contributed by atoms with Crippen molar-refractivity contribution < 1.29 is 8.42 Å². The van der Waals surface area contributed by atoms with Crippen LogP contribution < -0.4 is 4.72 Å². The topological polar surface area (TPSA) is 49.4 Å². The minimum Gasteiger partial charge on any atom is -0.297 e. The molecule has 114 valence electrons. The molecule has 1 aromatic carbocycles. The number of rotatable bonds is 7. The van der Waals surface area contributed by atoms with Crippen LogP contribution in [-0.4, -0.2) is 38.2 Å². The Morgan fingerprint density at radius 1 is 1.05 bits per heavy atom. The third-order valence-corrected chi connectivity index (χ3v) is 3.99. The van der Waals surface area contributed by atoms with Gasteiger partial charge < -0.3 is 0 Å². The minimum absolute atomic E-state index is 0.226. The number of hydrogen-bond donors (Lipinski definition) is 1. The Morgan fingerprint density at radius 3 is 1.95 bits per heavy atom. The first kappa shape index (κ1) is 17.1. The van der Waals surface area contributed by atoms with Crippen LogP contribution in [0.4, 0.5) is 0 Å². The molecule has 20 heavy (non-hydrogen) atoms. The van der Waals surface area contributed by atoms with Gasteiger partial charge in [0.15, 0.2) is 0 Å². The molecule has 0 aliphatic carbocycles. The van der Waals surface area contributed by atoms with Gasteiger partial charge >= 0.3 is 0 Å². The summed E-state index contributed by atoms with van der Waals surface area (Å²) in [4.78, 5) is 2.29. The molecule has 0 spiro atoms. The summed E-state index contributed by atoms with van der Waals surface area (Å²) in [6.45, 7) is 9.17. The highest BCUT2D eigenvalue weighted by Gasteiger charge is 2.22. The summed E-state index contributed by atoms with van der Waals surface area (Å²) < 4.78 is 26.0. The van der Waals surface area contributed by atoms with E-state index in [1.165, 1.54) is 6.26 Å². The van der Waals surface area contributed by atoms with Gasteiger partial charge in [0.1, 0.15) is 0 Å². The maximum absolute atomic E-state index is 11.6. The van der Waals surface area contributed by atoms with E-state index in [0.29, 0.717) is 18.6 Å². The SMILES string of the molecule is CC(C)N(CC(NS(C)(=O)=O)c1ccccc1)C(C)C. The van der Waals surface area contributed by atoms with Crippen molar-refractivity contribution in [1.29, 1.82) is 0 Å². The lowest BCUT2D eigenvalue weighted by Crippen LogP contribution is -2.44. The first-order valence-corrected chi connectivity index (χ1v) is 8.88. The quantitative estimate of drug-likeness (QED) is 0.841. The van der Waals surface area contributed by atoms with Gasteiger partial charge in [-0.1, -0.05) is 30.3 Å². The molecule has 4 nitrogen and oxygen atoms in total. The van der Waals surface area contributed by atoms with E-state index in [1.54, 1.807) is 0 Å². The van der Waals surface area contributed by atoms with Crippen molar-refractivity contribution in [3.8, 4) is 0 Å². The van der Waals surface area contributed by atoms with E-state index in [4.69, 9.17) is 0 Å². The van der Waals surface area contributed by atoms with Gasteiger partial charge in [-0.2, -0.15) is 0 Å². The molecule has 0 aliphatic heterocycles. The van der Waals surface area contributed by atoms with Gasteiger partial charge in [0.25, 0.3) is 0 Å². The van der Waals surface area contributed by atoms with Crippen molar-refractivity contribution in [3.05, 3.63) is 35.9 Å². The number of sulfonamides is 1. The van der Waals surface area contributed by atoms with E-state index in [1.807, 2.05) is 30.3 Å². The Balaban J connectivity index is 2.99. The molecule has 1 rings (SSSR count). The first-order chi connectivity index (χ1) is 9.20. The molecule has 1 atom stereocenters. The van der Waals surface area contributed by atoms with Gasteiger partial charge in [-0.05, 0) is 33.3 Å². The third-order valence-electron chi connectivity index (χ3n) is 3.28. The van der Waals surface area contributed by atoms with Crippen LogP contribution >= 0.6 is 0 Å². The molecule has 0 bridgehead atoms. The Hall–Kier alpha value is -0.910. The van der Waals surface area contributed by atoms with Crippen LogP contribution in [0.25, 0.3) is 0 Å². The molecular weight excluding hydrogens is 272 g/mol. The summed E-state index contributed by atoms with van der Waals surface area (Å²) in [5, 5.41) is 0. The Bertz CT molecular complexity index is 490. The lowest BCUT2D eigenvalue weighted by Gasteiger charge is -2.34. The largest absolute Gasteiger partial charge is 0.297 e. The van der Waals surface area contributed by atoms with Gasteiger partial charge in [-0.25, -0.2) is 13.1 Å². The Labute approximate surface area is 123 Å². The van der Waals surface area contributed by atoms with Crippen molar-refractivity contribution in [1.82, 2.24) is 9.62 Å². The fourth-order valence-corrected chi connectivity index (χ4v) is 3.11. The molecule has 0 aliphatic rings. The summed E-state index contributed by atoms with van der Waals surface area (Å²) in [5.74, 6) is 0. The zero-order valence-corrected chi connectivity index (χ0v) is 13.8. The molecule has 0 radical (unpaired) electrons. The molecule has 0 aromatic heterocycles. The standard InChI is InChI=1S/C15H26N2O2S/c1-12(2)17(13(3)4)11-15(16-20(5,18)19)14-9-7-6-8-10-14/h6-10,12-13,15-16H,11H2,1-5H3. The van der Waals surface area contributed by atoms with E-state index in [2.05, 4.69) is 37.3 Å². The molecular formula is C15H26N2O2S. The lowest BCUT2D eigenvalue weighted by molar-refractivity contribution is 0.161. The highest BCUT2D eigenvalue weighted by atomic mass is 32.2. The maximum atomic E-state index is 11.6. The Kier molecular flexibility index (Phi) is 6.17. The second-order valence-corrected chi connectivity index (χ2v) is 7.52. The molecule has 0 fully saturated rings. The fourth-order valence-electron chi connectivity index (χ4n) is 2.38. The van der Waals surface area contributed by atoms with Crippen molar-refractivity contribution in [2.45, 2.75) is 45.8 Å². The second kappa shape index (κ2) is 7.20. The summed E-state index contributed by atoms with van der Waals surface area (Å²) in [5.41, 5.74) is 0.990. The first-order valence-electron chi connectivity index (χ1n) is 6.98. The third kappa shape index (κ3) is 5.61. The molecule has 1 aromatic rings. The normalized spacial score (nSPS) is 14.2. The van der Waals surface area contributed by atoms with Gasteiger partial charge in [-0.15, -0.1) is 0 Å². The van der Waals surface area contributed by atoms with Crippen LogP contribution in [0.2, 0.25) is 0 Å². The van der Waals surface area contributed by atoms with Crippen molar-refractivity contribution in [3.63, 3.8) is 0 Å². The zero-order chi connectivity index (χ0) is 15.3. The number of nitrogens with one attached hydrogen (secondary N) is 1. The predicted octanol–water partition coefficient (Wildman–Crippen LogP) is 2.40. The summed E-state index contributed by atoms with van der Waals surface area (Å²) in [6, 6.07) is 10.2. The summed E-state index contributed by atoms with van der Waals surface area (Å²) in [7, 11) is -3.25. The fraction of sp³-hybridized carbons (Fsp3) is 0.600. The highest BCUT2D eigenvalue weighted by Crippen LogP contribution is 2.18. The van der Waals surface area contributed by atoms with Crippen molar-refractivity contribution in [2.75, 3.05) is 12.8 Å². The monoisotopic (exact) mass is 298 g/mol. The molecule has 0 saturated carbocycles. The second-order valence-electron chi connectivity index (χ2n) is 5.74.